The molecule has 1 aliphatic rings. The topological polar surface area (TPSA) is 87.2 Å². The van der Waals surface area contributed by atoms with E-state index in [9.17, 15) is 9.59 Å². The van der Waals surface area contributed by atoms with Gasteiger partial charge in [0, 0.05) is 30.9 Å². The fourth-order valence-electron chi connectivity index (χ4n) is 3.35. The van der Waals surface area contributed by atoms with Crippen LogP contribution in [0.4, 0.5) is 17.2 Å². The van der Waals surface area contributed by atoms with Crippen LogP contribution in [0, 0.1) is 0 Å². The highest BCUT2D eigenvalue weighted by atomic mass is 16.2. The Hall–Kier alpha value is -2.96. The van der Waals surface area contributed by atoms with Crippen LogP contribution in [0.5, 0.6) is 0 Å². The average molecular weight is 367 g/mol. The highest BCUT2D eigenvalue weighted by molar-refractivity contribution is 6.02. The highest BCUT2D eigenvalue weighted by Crippen LogP contribution is 2.24. The number of carbonyl (C=O) groups excluding carboxylic acids is 2. The fraction of sp³-hybridized carbons (Fsp3) is 0.400. The Kier molecular flexibility index (Phi) is 6.01. The van der Waals surface area contributed by atoms with Crippen LogP contribution in [0.3, 0.4) is 0 Å². The molecule has 1 fully saturated rings. The molecule has 0 saturated carbocycles. The third kappa shape index (κ3) is 4.81. The lowest BCUT2D eigenvalue weighted by Gasteiger charge is -2.35. The van der Waals surface area contributed by atoms with Crippen LogP contribution in [0.2, 0.25) is 0 Å². The Morgan fingerprint density at radius 1 is 1.07 bits per heavy atom. The molecule has 0 aliphatic carbocycles. The number of benzene rings is 1. The van der Waals surface area contributed by atoms with E-state index >= 15 is 0 Å². The molecular formula is C20H25N5O2. The Bertz CT molecular complexity index is 789. The van der Waals surface area contributed by atoms with Crippen molar-refractivity contribution in [1.29, 1.82) is 0 Å². The number of hydrogen-bond acceptors (Lipinski definition) is 5. The van der Waals surface area contributed by atoms with Gasteiger partial charge in [-0.2, -0.15) is 0 Å². The first kappa shape index (κ1) is 18.8. The van der Waals surface area contributed by atoms with E-state index in [0.717, 1.165) is 25.2 Å². The van der Waals surface area contributed by atoms with Crippen molar-refractivity contribution >= 4 is 29.0 Å². The highest BCUT2D eigenvalue weighted by Gasteiger charge is 2.22. The summed E-state index contributed by atoms with van der Waals surface area (Å²) >= 11 is 0. The number of amides is 2. The van der Waals surface area contributed by atoms with Gasteiger partial charge in [-0.3, -0.25) is 9.59 Å². The quantitative estimate of drug-likeness (QED) is 0.845. The number of piperidine rings is 1. The van der Waals surface area contributed by atoms with Gasteiger partial charge in [0.2, 0.25) is 5.91 Å². The monoisotopic (exact) mass is 367 g/mol. The number of nitrogens with one attached hydrogen (secondary N) is 2. The normalized spacial score (nSPS) is 16.7. The summed E-state index contributed by atoms with van der Waals surface area (Å²) in [6, 6.07) is 7.41. The summed E-state index contributed by atoms with van der Waals surface area (Å²) in [4.78, 5) is 34.5. The first-order chi connectivity index (χ1) is 13.1. The number of aromatic nitrogens is 2. The summed E-state index contributed by atoms with van der Waals surface area (Å²) in [6.45, 7) is 4.62. The lowest BCUT2D eigenvalue weighted by atomic mass is 10.0. The number of rotatable bonds is 5. The van der Waals surface area contributed by atoms with Gasteiger partial charge < -0.3 is 15.5 Å². The Labute approximate surface area is 159 Å². The van der Waals surface area contributed by atoms with Crippen molar-refractivity contribution in [2.45, 2.75) is 45.6 Å². The third-order valence-electron chi connectivity index (χ3n) is 4.73. The number of nitrogens with zero attached hydrogens (tertiary/aromatic N) is 3. The van der Waals surface area contributed by atoms with E-state index in [1.807, 2.05) is 0 Å². The zero-order valence-corrected chi connectivity index (χ0v) is 15.7. The van der Waals surface area contributed by atoms with Crippen LogP contribution >= 0.6 is 0 Å². The van der Waals surface area contributed by atoms with Gasteiger partial charge in [-0.25, -0.2) is 9.97 Å². The molecule has 142 valence electrons. The van der Waals surface area contributed by atoms with Gasteiger partial charge in [0.1, 0.15) is 11.5 Å². The number of hydrogen-bond donors (Lipinski definition) is 2. The number of carbonyl (C=O) groups is 2. The number of anilines is 3. The van der Waals surface area contributed by atoms with Crippen molar-refractivity contribution in [2.75, 3.05) is 22.1 Å². The van der Waals surface area contributed by atoms with E-state index in [0.29, 0.717) is 17.4 Å². The summed E-state index contributed by atoms with van der Waals surface area (Å²) in [7, 11) is 0. The second-order valence-electron chi connectivity index (χ2n) is 6.72. The van der Waals surface area contributed by atoms with Crippen LogP contribution in [0.1, 0.15) is 50.0 Å². The standard InChI is InChI=1S/C20H25N5O2/c1-3-17-6-4-5-11-25(17)19-13-21-18(12-22-19)20(27)24-16-9-7-15(8-10-16)23-14(2)26/h7-10,12-13,17H,3-6,11H2,1-2H3,(H,23,26)(H,24,27). The molecule has 7 heteroatoms. The molecule has 2 amide bonds. The summed E-state index contributed by atoms with van der Waals surface area (Å²) in [5.74, 6) is 0.381. The molecule has 0 spiro atoms. The van der Waals surface area contributed by atoms with Crippen LogP contribution in [-0.4, -0.2) is 34.4 Å². The van der Waals surface area contributed by atoms with Crippen molar-refractivity contribution in [3.8, 4) is 0 Å². The van der Waals surface area contributed by atoms with Crippen molar-refractivity contribution in [3.63, 3.8) is 0 Å². The first-order valence-electron chi connectivity index (χ1n) is 9.34. The molecule has 0 radical (unpaired) electrons. The SMILES string of the molecule is CCC1CCCCN1c1cnc(C(=O)Nc2ccc(NC(C)=O)cc2)cn1. The van der Waals surface area contributed by atoms with Crippen LogP contribution in [0.15, 0.2) is 36.7 Å². The maximum absolute atomic E-state index is 12.4. The lowest BCUT2D eigenvalue weighted by Crippen LogP contribution is -2.39. The van der Waals surface area contributed by atoms with Gasteiger partial charge in [0.15, 0.2) is 0 Å². The predicted octanol–water partition coefficient (Wildman–Crippen LogP) is 3.46. The molecule has 7 nitrogen and oxygen atoms in total. The zero-order valence-electron chi connectivity index (χ0n) is 15.7. The van der Waals surface area contributed by atoms with Gasteiger partial charge >= 0.3 is 0 Å². The molecule has 1 aromatic heterocycles. The van der Waals surface area contributed by atoms with Crippen LogP contribution in [0.25, 0.3) is 0 Å². The fourth-order valence-corrected chi connectivity index (χ4v) is 3.35. The van der Waals surface area contributed by atoms with Gasteiger partial charge in [0.25, 0.3) is 5.91 Å². The van der Waals surface area contributed by atoms with E-state index in [4.69, 9.17) is 0 Å². The van der Waals surface area contributed by atoms with Crippen molar-refractivity contribution in [1.82, 2.24) is 9.97 Å². The summed E-state index contributed by atoms with van der Waals surface area (Å²) in [6.07, 6.45) is 7.88. The van der Waals surface area contributed by atoms with Crippen LogP contribution in [-0.2, 0) is 4.79 Å². The van der Waals surface area contributed by atoms with E-state index in [-0.39, 0.29) is 17.5 Å². The zero-order chi connectivity index (χ0) is 19.2. The van der Waals surface area contributed by atoms with Gasteiger partial charge in [-0.05, 0) is 49.9 Å². The summed E-state index contributed by atoms with van der Waals surface area (Å²) < 4.78 is 0. The van der Waals surface area contributed by atoms with E-state index in [1.165, 1.54) is 26.0 Å². The van der Waals surface area contributed by atoms with Gasteiger partial charge in [-0.15, -0.1) is 0 Å². The third-order valence-corrected chi connectivity index (χ3v) is 4.73. The molecule has 1 aromatic carbocycles. The lowest BCUT2D eigenvalue weighted by molar-refractivity contribution is -0.114. The second kappa shape index (κ2) is 8.62. The molecule has 1 aliphatic heterocycles. The Morgan fingerprint density at radius 3 is 2.37 bits per heavy atom. The Morgan fingerprint density at radius 2 is 1.78 bits per heavy atom. The Balaban J connectivity index is 1.64. The summed E-state index contributed by atoms with van der Waals surface area (Å²) in [5.41, 5.74) is 1.58. The molecule has 2 aromatic rings. The first-order valence-corrected chi connectivity index (χ1v) is 9.34. The molecule has 0 bridgehead atoms. The van der Waals surface area contributed by atoms with Gasteiger partial charge in [0.05, 0.1) is 12.4 Å². The molecule has 1 atom stereocenters. The minimum atomic E-state index is -0.313. The van der Waals surface area contributed by atoms with Crippen molar-refractivity contribution in [2.24, 2.45) is 0 Å². The van der Waals surface area contributed by atoms with E-state index in [1.54, 1.807) is 30.5 Å². The van der Waals surface area contributed by atoms with E-state index < -0.39 is 0 Å². The van der Waals surface area contributed by atoms with Crippen LogP contribution < -0.4 is 15.5 Å². The summed E-state index contributed by atoms with van der Waals surface area (Å²) in [5, 5.41) is 5.47. The minimum absolute atomic E-state index is 0.138. The smallest absolute Gasteiger partial charge is 0.275 e. The molecule has 27 heavy (non-hydrogen) atoms. The average Bonchev–Trinajstić information content (AvgIpc) is 2.69. The minimum Gasteiger partial charge on any atom is -0.352 e. The maximum Gasteiger partial charge on any atom is 0.275 e. The molecular weight excluding hydrogens is 342 g/mol. The molecule has 2 heterocycles. The molecule has 1 saturated heterocycles. The van der Waals surface area contributed by atoms with Crippen molar-refractivity contribution < 1.29 is 9.59 Å². The molecule has 3 rings (SSSR count). The molecule has 1 unspecified atom stereocenters. The second-order valence-corrected chi connectivity index (χ2v) is 6.72. The predicted molar refractivity (Wildman–Crippen MR) is 106 cm³/mol. The van der Waals surface area contributed by atoms with Crippen molar-refractivity contribution in [3.05, 3.63) is 42.4 Å². The van der Waals surface area contributed by atoms with E-state index in [2.05, 4.69) is 32.4 Å². The molecule has 2 N–H and O–H groups in total. The van der Waals surface area contributed by atoms with Gasteiger partial charge in [-0.1, -0.05) is 6.92 Å². The largest absolute Gasteiger partial charge is 0.352 e. The maximum atomic E-state index is 12.4.